The number of aliphatic carboxylic acids is 1. The third kappa shape index (κ3) is 4.87. The Labute approximate surface area is 181 Å². The molecule has 0 bridgehead atoms. The van der Waals surface area contributed by atoms with E-state index in [9.17, 15) is 18.0 Å². The van der Waals surface area contributed by atoms with Crippen molar-refractivity contribution in [3.63, 3.8) is 0 Å². The van der Waals surface area contributed by atoms with Crippen molar-refractivity contribution in [2.75, 3.05) is 27.2 Å². The van der Waals surface area contributed by atoms with E-state index >= 15 is 0 Å². The zero-order valence-electron chi connectivity index (χ0n) is 17.1. The molecule has 1 aromatic heterocycles. The molecule has 31 heavy (non-hydrogen) atoms. The van der Waals surface area contributed by atoms with Gasteiger partial charge in [-0.3, -0.25) is 4.79 Å². The Balaban J connectivity index is 0.000000339. The van der Waals surface area contributed by atoms with Gasteiger partial charge in [-0.1, -0.05) is 28.8 Å². The highest BCUT2D eigenvalue weighted by molar-refractivity contribution is 7.03. The van der Waals surface area contributed by atoms with E-state index in [1.54, 1.807) is 5.38 Å². The van der Waals surface area contributed by atoms with Gasteiger partial charge in [0.25, 0.3) is 5.91 Å². The van der Waals surface area contributed by atoms with Gasteiger partial charge in [0, 0.05) is 29.9 Å². The van der Waals surface area contributed by atoms with E-state index in [1.165, 1.54) is 22.7 Å². The maximum absolute atomic E-state index is 12.5. The van der Waals surface area contributed by atoms with E-state index in [1.807, 2.05) is 4.90 Å². The van der Waals surface area contributed by atoms with Gasteiger partial charge in [-0.15, -0.1) is 5.10 Å². The van der Waals surface area contributed by atoms with Gasteiger partial charge >= 0.3 is 12.1 Å². The Kier molecular flexibility index (Phi) is 6.65. The topological polar surface area (TPSA) is 86.6 Å². The second-order valence-electron chi connectivity index (χ2n) is 7.94. The summed E-state index contributed by atoms with van der Waals surface area (Å²) in [4.78, 5) is 25.7. The van der Waals surface area contributed by atoms with Crippen LogP contribution >= 0.6 is 11.5 Å². The lowest BCUT2D eigenvalue weighted by atomic mass is 9.73. The van der Waals surface area contributed by atoms with E-state index in [0.29, 0.717) is 11.7 Å². The van der Waals surface area contributed by atoms with Crippen molar-refractivity contribution in [3.8, 4) is 0 Å². The Morgan fingerprint density at radius 2 is 1.84 bits per heavy atom. The van der Waals surface area contributed by atoms with Gasteiger partial charge in [-0.2, -0.15) is 13.2 Å². The zero-order valence-corrected chi connectivity index (χ0v) is 17.9. The molecule has 1 spiro atoms. The summed E-state index contributed by atoms with van der Waals surface area (Å²) in [5.41, 5.74) is 3.65. The molecule has 1 fully saturated rings. The molecule has 2 aromatic rings. The number of likely N-dealkylation sites (tertiary alicyclic amines) is 1. The van der Waals surface area contributed by atoms with E-state index in [-0.39, 0.29) is 11.3 Å². The van der Waals surface area contributed by atoms with Crippen molar-refractivity contribution in [1.29, 1.82) is 0 Å². The number of hydrogen-bond acceptors (Lipinski definition) is 6. The quantitative estimate of drug-likeness (QED) is 0.746. The van der Waals surface area contributed by atoms with Crippen LogP contribution in [-0.2, 0) is 10.2 Å². The summed E-state index contributed by atoms with van der Waals surface area (Å²) >= 11 is 1.23. The van der Waals surface area contributed by atoms with Gasteiger partial charge in [0.15, 0.2) is 5.69 Å². The first-order chi connectivity index (χ1) is 14.5. The van der Waals surface area contributed by atoms with E-state index in [0.717, 1.165) is 32.4 Å². The van der Waals surface area contributed by atoms with E-state index in [2.05, 4.69) is 52.8 Å². The highest BCUT2D eigenvalue weighted by atomic mass is 32.1. The summed E-state index contributed by atoms with van der Waals surface area (Å²) in [6.45, 7) is 1.59. The number of carbonyl (C=O) groups excluding carboxylic acids is 1. The van der Waals surface area contributed by atoms with Crippen molar-refractivity contribution >= 4 is 23.4 Å². The fourth-order valence-electron chi connectivity index (χ4n) is 4.35. The van der Waals surface area contributed by atoms with Crippen LogP contribution < -0.4 is 0 Å². The van der Waals surface area contributed by atoms with Crippen LogP contribution in [0.25, 0.3) is 0 Å². The van der Waals surface area contributed by atoms with Crippen LogP contribution in [0.5, 0.6) is 0 Å². The summed E-state index contributed by atoms with van der Waals surface area (Å²) in [5, 5.41) is 12.8. The standard InChI is InChI=1S/C18H22N4OS.C2HF3O2/c1-21(2)16-11-18(14-6-4-3-5-13(14)16)7-9-22(10-8-18)17(23)15-12-24-20-19-15;3-2(4,5)1(6)7/h3-6,12,16H,7-11H2,1-2H3;(H,6,7). The first-order valence-electron chi connectivity index (χ1n) is 9.67. The average molecular weight is 456 g/mol. The number of aromatic nitrogens is 2. The molecular weight excluding hydrogens is 433 g/mol. The number of rotatable bonds is 2. The largest absolute Gasteiger partial charge is 0.490 e. The molecule has 1 amide bonds. The first kappa shape index (κ1) is 23.1. The second-order valence-corrected chi connectivity index (χ2v) is 8.55. The van der Waals surface area contributed by atoms with Gasteiger partial charge < -0.3 is 14.9 Å². The SMILES string of the molecule is CN(C)C1CC2(CCN(C(=O)c3csnn3)CC2)c2ccccc21.O=C(O)C(F)(F)F. The summed E-state index contributed by atoms with van der Waals surface area (Å²) in [7, 11) is 4.32. The number of amides is 1. The van der Waals surface area contributed by atoms with Gasteiger partial charge in [0.05, 0.1) is 0 Å². The summed E-state index contributed by atoms with van der Waals surface area (Å²) in [6, 6.07) is 9.33. The van der Waals surface area contributed by atoms with Gasteiger partial charge in [0.1, 0.15) is 0 Å². The molecule has 1 N–H and O–H groups in total. The number of benzene rings is 1. The number of carboxylic acids is 1. The first-order valence-corrected chi connectivity index (χ1v) is 10.5. The molecule has 1 unspecified atom stereocenters. The Hall–Kier alpha value is -2.53. The van der Waals surface area contributed by atoms with Crippen molar-refractivity contribution in [1.82, 2.24) is 19.4 Å². The van der Waals surface area contributed by atoms with Gasteiger partial charge in [-0.05, 0) is 56.0 Å². The molecule has 1 atom stereocenters. The number of hydrogen-bond donors (Lipinski definition) is 1. The van der Waals surface area contributed by atoms with Crippen LogP contribution in [0.2, 0.25) is 0 Å². The molecule has 1 aliphatic heterocycles. The molecular formula is C20H23F3N4O3S. The summed E-state index contributed by atoms with van der Waals surface area (Å²) in [6.07, 6.45) is -1.88. The molecule has 7 nitrogen and oxygen atoms in total. The number of piperidine rings is 1. The van der Waals surface area contributed by atoms with Crippen LogP contribution in [0.1, 0.15) is 46.9 Å². The highest BCUT2D eigenvalue weighted by Crippen LogP contribution is 2.52. The zero-order chi connectivity index (χ0) is 22.8. The fraction of sp³-hybridized carbons (Fsp3) is 0.500. The molecule has 11 heteroatoms. The molecule has 2 aliphatic rings. The lowest BCUT2D eigenvalue weighted by molar-refractivity contribution is -0.192. The fourth-order valence-corrected chi connectivity index (χ4v) is 4.78. The van der Waals surface area contributed by atoms with Crippen LogP contribution in [0, 0.1) is 0 Å². The maximum atomic E-state index is 12.5. The Bertz CT molecular complexity index is 926. The number of alkyl halides is 3. The Morgan fingerprint density at radius 1 is 1.23 bits per heavy atom. The smallest absolute Gasteiger partial charge is 0.475 e. The minimum atomic E-state index is -5.08. The third-order valence-electron chi connectivity index (χ3n) is 5.93. The third-order valence-corrected chi connectivity index (χ3v) is 6.43. The lowest BCUT2D eigenvalue weighted by Crippen LogP contribution is -2.44. The van der Waals surface area contributed by atoms with Crippen molar-refractivity contribution < 1.29 is 27.9 Å². The number of nitrogens with zero attached hydrogens (tertiary/aromatic N) is 4. The highest BCUT2D eigenvalue weighted by Gasteiger charge is 2.46. The van der Waals surface area contributed by atoms with Crippen LogP contribution in [0.3, 0.4) is 0 Å². The number of carbonyl (C=O) groups is 2. The molecule has 4 rings (SSSR count). The maximum Gasteiger partial charge on any atom is 0.490 e. The molecule has 2 heterocycles. The van der Waals surface area contributed by atoms with Crippen molar-refractivity contribution in [3.05, 3.63) is 46.5 Å². The summed E-state index contributed by atoms with van der Waals surface area (Å²) in [5.74, 6) is -2.73. The average Bonchev–Trinajstić information content (AvgIpc) is 3.36. The van der Waals surface area contributed by atoms with E-state index in [4.69, 9.17) is 9.90 Å². The van der Waals surface area contributed by atoms with Crippen LogP contribution in [0.15, 0.2) is 29.6 Å². The predicted octanol–water partition coefficient (Wildman–Crippen LogP) is 3.35. The Morgan fingerprint density at radius 3 is 2.35 bits per heavy atom. The monoisotopic (exact) mass is 456 g/mol. The van der Waals surface area contributed by atoms with Crippen LogP contribution in [0.4, 0.5) is 13.2 Å². The van der Waals surface area contributed by atoms with E-state index < -0.39 is 12.1 Å². The number of carboxylic acid groups (broad SMARTS) is 1. The van der Waals surface area contributed by atoms with Gasteiger partial charge in [-0.25, -0.2) is 4.79 Å². The lowest BCUT2D eigenvalue weighted by Gasteiger charge is -2.40. The van der Waals surface area contributed by atoms with Gasteiger partial charge in [0.2, 0.25) is 0 Å². The molecule has 168 valence electrons. The molecule has 1 saturated heterocycles. The summed E-state index contributed by atoms with van der Waals surface area (Å²) < 4.78 is 35.5. The normalized spacial score (nSPS) is 19.7. The second kappa shape index (κ2) is 8.91. The molecule has 1 aliphatic carbocycles. The minimum absolute atomic E-state index is 0.0223. The van der Waals surface area contributed by atoms with Crippen LogP contribution in [-0.4, -0.2) is 69.7 Å². The van der Waals surface area contributed by atoms with Crippen molar-refractivity contribution in [2.24, 2.45) is 0 Å². The molecule has 1 aromatic carbocycles. The molecule has 0 saturated carbocycles. The molecule has 0 radical (unpaired) electrons. The van der Waals surface area contributed by atoms with Crippen molar-refractivity contribution in [2.45, 2.75) is 36.9 Å². The predicted molar refractivity (Wildman–Crippen MR) is 108 cm³/mol. The number of halogens is 3. The minimum Gasteiger partial charge on any atom is -0.475 e. The number of fused-ring (bicyclic) bond motifs is 2.